The topological polar surface area (TPSA) is 40.5 Å². The van der Waals surface area contributed by atoms with Crippen molar-refractivity contribution in [3.63, 3.8) is 0 Å². The fraction of sp³-hybridized carbons (Fsp3) is 0. The Balaban J connectivity index is 2.30. The maximum absolute atomic E-state index is 9.60. The molecule has 0 saturated heterocycles. The maximum atomic E-state index is 9.60. The monoisotopic (exact) mass is 252 g/mol. The van der Waals surface area contributed by atoms with E-state index >= 15 is 0 Å². The smallest absolute Gasteiger partial charge is 0.129 e. The van der Waals surface area contributed by atoms with Gasteiger partial charge >= 0.3 is 0 Å². The lowest BCUT2D eigenvalue weighted by Gasteiger charge is -2.05. The molecule has 0 amide bonds. The number of rotatable bonds is 2. The van der Waals surface area contributed by atoms with Gasteiger partial charge in [-0.3, -0.25) is 0 Å². The fourth-order valence-electron chi connectivity index (χ4n) is 1.24. The van der Waals surface area contributed by atoms with Crippen LogP contribution in [0.25, 0.3) is 0 Å². The summed E-state index contributed by atoms with van der Waals surface area (Å²) in [4.78, 5) is 1.51. The summed E-state index contributed by atoms with van der Waals surface area (Å²) >= 11 is 7.21. The number of hydrogen-bond donors (Lipinski definition) is 2. The van der Waals surface area contributed by atoms with Crippen molar-refractivity contribution in [3.8, 4) is 11.5 Å². The van der Waals surface area contributed by atoms with Gasteiger partial charge in [-0.05, 0) is 36.4 Å². The molecule has 0 heterocycles. The summed E-state index contributed by atoms with van der Waals surface area (Å²) in [6.45, 7) is 0. The minimum absolute atomic E-state index is 0.127. The van der Waals surface area contributed by atoms with Crippen LogP contribution in [0.5, 0.6) is 11.5 Å². The van der Waals surface area contributed by atoms with E-state index in [9.17, 15) is 10.2 Å². The lowest BCUT2D eigenvalue weighted by atomic mass is 10.3. The molecular weight excluding hydrogens is 244 g/mol. The molecule has 0 unspecified atom stereocenters. The number of aromatic hydroxyl groups is 2. The molecule has 0 aliphatic rings. The standard InChI is InChI=1S/C12H9ClO2S/c13-8-2-1-3-10(6-8)16-12-7-9(14)4-5-11(12)15/h1-7,14-15H. The Morgan fingerprint density at radius 3 is 2.56 bits per heavy atom. The van der Waals surface area contributed by atoms with Crippen LogP contribution in [0.3, 0.4) is 0 Å². The van der Waals surface area contributed by atoms with Crippen molar-refractivity contribution in [2.45, 2.75) is 9.79 Å². The Morgan fingerprint density at radius 1 is 1.00 bits per heavy atom. The Kier molecular flexibility index (Phi) is 3.27. The minimum atomic E-state index is 0.127. The highest BCUT2D eigenvalue weighted by atomic mass is 35.5. The second kappa shape index (κ2) is 4.68. The van der Waals surface area contributed by atoms with Gasteiger partial charge in [0.05, 0.1) is 4.90 Å². The average molecular weight is 253 g/mol. The van der Waals surface area contributed by atoms with Crippen molar-refractivity contribution in [2.75, 3.05) is 0 Å². The van der Waals surface area contributed by atoms with E-state index in [1.807, 2.05) is 12.1 Å². The summed E-state index contributed by atoms with van der Waals surface area (Å²) in [5.74, 6) is 0.269. The van der Waals surface area contributed by atoms with E-state index in [0.717, 1.165) is 4.90 Å². The molecule has 0 saturated carbocycles. The summed E-state index contributed by atoms with van der Waals surface area (Å²) in [6.07, 6.45) is 0. The molecule has 2 rings (SSSR count). The average Bonchev–Trinajstić information content (AvgIpc) is 2.24. The number of halogens is 1. The minimum Gasteiger partial charge on any atom is -0.508 e. The van der Waals surface area contributed by atoms with E-state index in [1.54, 1.807) is 12.1 Å². The molecule has 2 nitrogen and oxygen atoms in total. The lowest BCUT2D eigenvalue weighted by Crippen LogP contribution is -1.76. The molecule has 4 heteroatoms. The van der Waals surface area contributed by atoms with Crippen molar-refractivity contribution in [1.29, 1.82) is 0 Å². The number of phenolic OH excluding ortho intramolecular Hbond substituents is 2. The molecule has 0 aromatic heterocycles. The second-order valence-electron chi connectivity index (χ2n) is 3.21. The summed E-state index contributed by atoms with van der Waals surface area (Å²) in [5, 5.41) is 19.6. The molecule has 0 radical (unpaired) electrons. The molecule has 0 atom stereocenters. The molecule has 2 N–H and O–H groups in total. The third-order valence-corrected chi connectivity index (χ3v) is 3.24. The second-order valence-corrected chi connectivity index (χ2v) is 4.76. The van der Waals surface area contributed by atoms with Crippen LogP contribution in [0.1, 0.15) is 0 Å². The summed E-state index contributed by atoms with van der Waals surface area (Å²) < 4.78 is 0. The van der Waals surface area contributed by atoms with Crippen LogP contribution in [0, 0.1) is 0 Å². The number of hydrogen-bond acceptors (Lipinski definition) is 3. The quantitative estimate of drug-likeness (QED) is 0.797. The molecule has 0 aliphatic carbocycles. The van der Waals surface area contributed by atoms with E-state index in [4.69, 9.17) is 11.6 Å². The van der Waals surface area contributed by atoms with E-state index in [1.165, 1.54) is 30.0 Å². The molecule has 2 aromatic rings. The Bertz CT molecular complexity index is 514. The predicted molar refractivity (Wildman–Crippen MR) is 65.3 cm³/mol. The van der Waals surface area contributed by atoms with Crippen LogP contribution in [0.15, 0.2) is 52.3 Å². The van der Waals surface area contributed by atoms with Crippen molar-refractivity contribution in [2.24, 2.45) is 0 Å². The van der Waals surface area contributed by atoms with Gasteiger partial charge in [0.2, 0.25) is 0 Å². The van der Waals surface area contributed by atoms with Gasteiger partial charge in [-0.2, -0.15) is 0 Å². The fourth-order valence-corrected chi connectivity index (χ4v) is 2.44. The molecule has 0 fully saturated rings. The van der Waals surface area contributed by atoms with Gasteiger partial charge in [0.15, 0.2) is 0 Å². The Hall–Kier alpha value is -1.32. The predicted octanol–water partition coefficient (Wildman–Crippen LogP) is 3.90. The van der Waals surface area contributed by atoms with Gasteiger partial charge in [0.25, 0.3) is 0 Å². The first kappa shape index (κ1) is 11.2. The van der Waals surface area contributed by atoms with Gasteiger partial charge in [-0.15, -0.1) is 0 Å². The zero-order chi connectivity index (χ0) is 11.5. The third-order valence-electron chi connectivity index (χ3n) is 1.97. The largest absolute Gasteiger partial charge is 0.508 e. The van der Waals surface area contributed by atoms with E-state index in [-0.39, 0.29) is 11.5 Å². The molecule has 2 aromatic carbocycles. The van der Waals surface area contributed by atoms with Gasteiger partial charge < -0.3 is 10.2 Å². The lowest BCUT2D eigenvalue weighted by molar-refractivity contribution is 0.448. The first-order chi connectivity index (χ1) is 7.65. The molecular formula is C12H9ClO2S. The van der Waals surface area contributed by atoms with Crippen molar-refractivity contribution in [1.82, 2.24) is 0 Å². The van der Waals surface area contributed by atoms with E-state index in [0.29, 0.717) is 9.92 Å². The first-order valence-electron chi connectivity index (χ1n) is 4.60. The Labute approximate surface area is 103 Å². The van der Waals surface area contributed by atoms with Crippen molar-refractivity contribution < 1.29 is 10.2 Å². The number of benzene rings is 2. The highest BCUT2D eigenvalue weighted by molar-refractivity contribution is 7.99. The Morgan fingerprint density at radius 2 is 1.81 bits per heavy atom. The van der Waals surface area contributed by atoms with Gasteiger partial charge in [-0.25, -0.2) is 0 Å². The van der Waals surface area contributed by atoms with Crippen LogP contribution in [-0.2, 0) is 0 Å². The highest BCUT2D eigenvalue weighted by Gasteiger charge is 2.04. The summed E-state index contributed by atoms with van der Waals surface area (Å²) in [6, 6.07) is 11.7. The first-order valence-corrected chi connectivity index (χ1v) is 5.80. The van der Waals surface area contributed by atoms with Crippen LogP contribution in [0.4, 0.5) is 0 Å². The van der Waals surface area contributed by atoms with Crippen LogP contribution < -0.4 is 0 Å². The van der Waals surface area contributed by atoms with Crippen molar-refractivity contribution in [3.05, 3.63) is 47.5 Å². The van der Waals surface area contributed by atoms with E-state index in [2.05, 4.69) is 0 Å². The van der Waals surface area contributed by atoms with Gasteiger partial charge in [-0.1, -0.05) is 29.4 Å². The van der Waals surface area contributed by atoms with Crippen LogP contribution in [0.2, 0.25) is 5.02 Å². The van der Waals surface area contributed by atoms with Gasteiger partial charge in [0, 0.05) is 9.92 Å². The summed E-state index contributed by atoms with van der Waals surface area (Å²) in [7, 11) is 0. The number of phenols is 2. The third kappa shape index (κ3) is 2.62. The highest BCUT2D eigenvalue weighted by Crippen LogP contribution is 2.36. The summed E-state index contributed by atoms with van der Waals surface area (Å²) in [5.41, 5.74) is 0. The molecule has 0 aliphatic heterocycles. The van der Waals surface area contributed by atoms with Crippen LogP contribution in [-0.4, -0.2) is 10.2 Å². The molecule has 82 valence electrons. The van der Waals surface area contributed by atoms with E-state index < -0.39 is 0 Å². The van der Waals surface area contributed by atoms with Gasteiger partial charge in [0.1, 0.15) is 11.5 Å². The molecule has 0 spiro atoms. The zero-order valence-electron chi connectivity index (χ0n) is 8.22. The van der Waals surface area contributed by atoms with Crippen LogP contribution >= 0.6 is 23.4 Å². The SMILES string of the molecule is Oc1ccc(O)c(Sc2cccc(Cl)c2)c1. The zero-order valence-corrected chi connectivity index (χ0v) is 9.79. The maximum Gasteiger partial charge on any atom is 0.129 e. The molecule has 16 heavy (non-hydrogen) atoms. The normalized spacial score (nSPS) is 10.3. The van der Waals surface area contributed by atoms with Crippen molar-refractivity contribution >= 4 is 23.4 Å². The molecule has 0 bridgehead atoms.